The molecule has 0 amide bonds. The number of aryl methyl sites for hydroxylation is 1. The minimum absolute atomic E-state index is 0.693. The third-order valence-corrected chi connectivity index (χ3v) is 2.22. The van der Waals surface area contributed by atoms with Gasteiger partial charge in [0, 0.05) is 25.4 Å². The van der Waals surface area contributed by atoms with Crippen LogP contribution in [0.5, 0.6) is 0 Å². The van der Waals surface area contributed by atoms with Gasteiger partial charge in [0.25, 0.3) is 0 Å². The standard InChI is InChI=1S/C9H10BrN5/c1-15-6-7(3-13-15)2-12-9-5-11-4-8(10)14-9/h3-6H,2H2,1H3,(H,12,14). The van der Waals surface area contributed by atoms with Crippen molar-refractivity contribution >= 4 is 21.7 Å². The molecule has 15 heavy (non-hydrogen) atoms. The number of nitrogens with zero attached hydrogens (tertiary/aromatic N) is 4. The van der Waals surface area contributed by atoms with Gasteiger partial charge in [-0.25, -0.2) is 4.98 Å². The second kappa shape index (κ2) is 4.39. The highest BCUT2D eigenvalue weighted by atomic mass is 79.9. The molecule has 0 aliphatic heterocycles. The van der Waals surface area contributed by atoms with Crippen LogP contribution in [0.1, 0.15) is 5.56 Å². The van der Waals surface area contributed by atoms with Gasteiger partial charge in [0.1, 0.15) is 10.4 Å². The molecule has 6 heteroatoms. The van der Waals surface area contributed by atoms with Gasteiger partial charge in [-0.05, 0) is 15.9 Å². The summed E-state index contributed by atoms with van der Waals surface area (Å²) in [4.78, 5) is 8.22. The second-order valence-electron chi connectivity index (χ2n) is 3.10. The van der Waals surface area contributed by atoms with E-state index in [1.54, 1.807) is 17.1 Å². The summed E-state index contributed by atoms with van der Waals surface area (Å²) in [7, 11) is 1.89. The Morgan fingerprint density at radius 3 is 2.93 bits per heavy atom. The first-order valence-electron chi connectivity index (χ1n) is 4.43. The molecule has 2 heterocycles. The van der Waals surface area contributed by atoms with E-state index in [-0.39, 0.29) is 0 Å². The molecule has 1 N–H and O–H groups in total. The molecule has 78 valence electrons. The largest absolute Gasteiger partial charge is 0.365 e. The van der Waals surface area contributed by atoms with Gasteiger partial charge in [-0.1, -0.05) is 0 Å². The van der Waals surface area contributed by atoms with Gasteiger partial charge in [0.15, 0.2) is 0 Å². The van der Waals surface area contributed by atoms with E-state index in [2.05, 4.69) is 36.3 Å². The van der Waals surface area contributed by atoms with Gasteiger partial charge < -0.3 is 5.32 Å². The minimum atomic E-state index is 0.693. The van der Waals surface area contributed by atoms with Crippen molar-refractivity contribution in [2.45, 2.75) is 6.54 Å². The Morgan fingerprint density at radius 2 is 2.27 bits per heavy atom. The molecule has 0 radical (unpaired) electrons. The fourth-order valence-corrected chi connectivity index (χ4v) is 1.49. The average molecular weight is 268 g/mol. The van der Waals surface area contributed by atoms with Gasteiger partial charge >= 0.3 is 0 Å². The van der Waals surface area contributed by atoms with Crippen LogP contribution in [0.3, 0.4) is 0 Å². The molecule has 0 bridgehead atoms. The summed E-state index contributed by atoms with van der Waals surface area (Å²) in [6.45, 7) is 0.693. The van der Waals surface area contributed by atoms with E-state index >= 15 is 0 Å². The summed E-state index contributed by atoms with van der Waals surface area (Å²) >= 11 is 3.26. The summed E-state index contributed by atoms with van der Waals surface area (Å²) in [6, 6.07) is 0. The van der Waals surface area contributed by atoms with Crippen LogP contribution in [-0.2, 0) is 13.6 Å². The Labute approximate surface area is 95.7 Å². The number of rotatable bonds is 3. The molecule has 0 fully saturated rings. The van der Waals surface area contributed by atoms with Crippen LogP contribution in [0.4, 0.5) is 5.82 Å². The van der Waals surface area contributed by atoms with Crippen molar-refractivity contribution < 1.29 is 0 Å². The third-order valence-electron chi connectivity index (χ3n) is 1.84. The predicted octanol–water partition coefficient (Wildman–Crippen LogP) is 1.58. The van der Waals surface area contributed by atoms with Crippen LogP contribution in [0.15, 0.2) is 29.4 Å². The molecule has 0 saturated heterocycles. The van der Waals surface area contributed by atoms with Crippen LogP contribution >= 0.6 is 15.9 Å². The first-order chi connectivity index (χ1) is 7.24. The molecule has 0 aliphatic carbocycles. The van der Waals surface area contributed by atoms with Gasteiger partial charge in [0.2, 0.25) is 0 Å². The van der Waals surface area contributed by atoms with E-state index in [9.17, 15) is 0 Å². The molecule has 2 rings (SSSR count). The van der Waals surface area contributed by atoms with Crippen molar-refractivity contribution in [3.05, 3.63) is 35.0 Å². The maximum absolute atomic E-state index is 4.21. The lowest BCUT2D eigenvalue weighted by Crippen LogP contribution is -2.01. The van der Waals surface area contributed by atoms with Crippen LogP contribution < -0.4 is 5.32 Å². The normalized spacial score (nSPS) is 10.3. The summed E-state index contributed by atoms with van der Waals surface area (Å²) in [5, 5.41) is 7.24. The minimum Gasteiger partial charge on any atom is -0.365 e. The number of nitrogens with one attached hydrogen (secondary N) is 1. The van der Waals surface area contributed by atoms with Crippen LogP contribution in [0, 0.1) is 0 Å². The van der Waals surface area contributed by atoms with Gasteiger partial charge in [0.05, 0.1) is 18.6 Å². The quantitative estimate of drug-likeness (QED) is 0.918. The SMILES string of the molecule is Cn1cc(CNc2cncc(Br)n2)cn1. The lowest BCUT2D eigenvalue weighted by molar-refractivity contribution is 0.767. The van der Waals surface area contributed by atoms with Crippen molar-refractivity contribution in [1.82, 2.24) is 19.7 Å². The first kappa shape index (κ1) is 10.1. The summed E-state index contributed by atoms with van der Waals surface area (Å²) in [5.74, 6) is 0.744. The fraction of sp³-hybridized carbons (Fsp3) is 0.222. The lowest BCUT2D eigenvalue weighted by atomic mass is 10.3. The van der Waals surface area contributed by atoms with E-state index in [0.29, 0.717) is 6.54 Å². The van der Waals surface area contributed by atoms with Crippen molar-refractivity contribution in [2.24, 2.45) is 7.05 Å². The molecular formula is C9H10BrN5. The summed E-state index contributed by atoms with van der Waals surface area (Å²) in [5.41, 5.74) is 1.11. The number of aromatic nitrogens is 4. The van der Waals surface area contributed by atoms with Crippen LogP contribution in [0.25, 0.3) is 0 Å². The van der Waals surface area contributed by atoms with E-state index < -0.39 is 0 Å². The lowest BCUT2D eigenvalue weighted by Gasteiger charge is -2.02. The average Bonchev–Trinajstić information content (AvgIpc) is 2.62. The maximum atomic E-state index is 4.21. The highest BCUT2D eigenvalue weighted by molar-refractivity contribution is 9.10. The Balaban J connectivity index is 1.99. The smallest absolute Gasteiger partial charge is 0.146 e. The molecular weight excluding hydrogens is 258 g/mol. The Hall–Kier alpha value is -1.43. The topological polar surface area (TPSA) is 55.6 Å². The fourth-order valence-electron chi connectivity index (χ4n) is 1.18. The molecule has 0 spiro atoms. The zero-order valence-corrected chi connectivity index (χ0v) is 9.77. The van der Waals surface area contributed by atoms with E-state index in [4.69, 9.17) is 0 Å². The van der Waals surface area contributed by atoms with Crippen LogP contribution in [0.2, 0.25) is 0 Å². The number of hydrogen-bond donors (Lipinski definition) is 1. The highest BCUT2D eigenvalue weighted by Gasteiger charge is 1.98. The Kier molecular flexibility index (Phi) is 2.96. The zero-order valence-electron chi connectivity index (χ0n) is 8.18. The van der Waals surface area contributed by atoms with E-state index in [1.165, 1.54) is 0 Å². The zero-order chi connectivity index (χ0) is 10.7. The molecule has 0 aliphatic rings. The van der Waals surface area contributed by atoms with Crippen LogP contribution in [-0.4, -0.2) is 19.7 Å². The maximum Gasteiger partial charge on any atom is 0.146 e. The summed E-state index contributed by atoms with van der Waals surface area (Å²) < 4.78 is 2.49. The second-order valence-corrected chi connectivity index (χ2v) is 3.92. The Morgan fingerprint density at radius 1 is 1.40 bits per heavy atom. The number of hydrogen-bond acceptors (Lipinski definition) is 4. The van der Waals surface area contributed by atoms with Crippen molar-refractivity contribution in [3.63, 3.8) is 0 Å². The first-order valence-corrected chi connectivity index (χ1v) is 5.22. The summed E-state index contributed by atoms with van der Waals surface area (Å²) in [6.07, 6.45) is 7.10. The number of halogens is 1. The van der Waals surface area contributed by atoms with E-state index in [0.717, 1.165) is 16.0 Å². The number of anilines is 1. The van der Waals surface area contributed by atoms with Crippen molar-refractivity contribution in [1.29, 1.82) is 0 Å². The van der Waals surface area contributed by atoms with Gasteiger partial charge in [-0.3, -0.25) is 9.67 Å². The predicted molar refractivity (Wildman–Crippen MR) is 60.3 cm³/mol. The van der Waals surface area contributed by atoms with Crippen molar-refractivity contribution in [3.8, 4) is 0 Å². The molecule has 2 aromatic rings. The van der Waals surface area contributed by atoms with E-state index in [1.807, 2.05) is 19.4 Å². The molecule has 0 atom stereocenters. The molecule has 2 aromatic heterocycles. The third kappa shape index (κ3) is 2.76. The Bertz CT molecular complexity index is 453. The molecule has 0 unspecified atom stereocenters. The highest BCUT2D eigenvalue weighted by Crippen LogP contribution is 2.08. The molecule has 0 saturated carbocycles. The van der Waals surface area contributed by atoms with Gasteiger partial charge in [-0.15, -0.1) is 0 Å². The van der Waals surface area contributed by atoms with Crippen molar-refractivity contribution in [2.75, 3.05) is 5.32 Å². The van der Waals surface area contributed by atoms with Gasteiger partial charge in [-0.2, -0.15) is 5.10 Å². The monoisotopic (exact) mass is 267 g/mol. The molecule has 5 nitrogen and oxygen atoms in total. The molecule has 0 aromatic carbocycles.